The van der Waals surface area contributed by atoms with E-state index >= 15 is 0 Å². The van der Waals surface area contributed by atoms with Gasteiger partial charge in [-0.05, 0) is 43.4 Å². The Morgan fingerprint density at radius 3 is 2.54 bits per heavy atom. The maximum absolute atomic E-state index is 12.2. The number of carbonyl (C=O) groups is 1. The minimum absolute atomic E-state index is 0.0000971. The Morgan fingerprint density at radius 2 is 1.96 bits per heavy atom. The third-order valence-corrected chi connectivity index (χ3v) is 4.19. The first-order valence-corrected chi connectivity index (χ1v) is 8.44. The van der Waals surface area contributed by atoms with Crippen LogP contribution in [0.2, 0.25) is 0 Å². The van der Waals surface area contributed by atoms with Crippen LogP contribution in [0.25, 0.3) is 5.69 Å². The molecule has 130 valence electrons. The van der Waals surface area contributed by atoms with Crippen molar-refractivity contribution in [3.8, 4) is 5.69 Å². The number of aromatic nitrogens is 3. The molecule has 0 saturated carbocycles. The molecule has 1 N–H and O–H groups in total. The van der Waals surface area contributed by atoms with Crippen molar-refractivity contribution < 1.29 is 4.79 Å². The zero-order valence-corrected chi connectivity index (χ0v) is 14.9. The number of nitrogens with one attached hydrogen (secondary N) is 1. The van der Waals surface area contributed by atoms with E-state index in [2.05, 4.69) is 29.2 Å². The second-order valence-electron chi connectivity index (χ2n) is 6.49. The minimum Gasteiger partial charge on any atom is -0.338 e. The fourth-order valence-electron chi connectivity index (χ4n) is 2.48. The summed E-state index contributed by atoms with van der Waals surface area (Å²) in [6.07, 6.45) is 5.31. The summed E-state index contributed by atoms with van der Waals surface area (Å²) in [4.78, 5) is 17.9. The maximum atomic E-state index is 12.2. The monoisotopic (exact) mass is 329 g/mol. The summed E-state index contributed by atoms with van der Waals surface area (Å²) in [5.74, 6) is 0.669. The van der Waals surface area contributed by atoms with E-state index in [-0.39, 0.29) is 12.1 Å². The first-order chi connectivity index (χ1) is 11.5. The van der Waals surface area contributed by atoms with Gasteiger partial charge >= 0.3 is 6.03 Å². The molecule has 1 aromatic carbocycles. The molecule has 2 aromatic rings. The van der Waals surface area contributed by atoms with Gasteiger partial charge in [-0.25, -0.2) is 14.5 Å². The number of urea groups is 1. The molecule has 0 bridgehead atoms. The molecule has 6 heteroatoms. The normalized spacial score (nSPS) is 12.2. The molecule has 0 aliphatic rings. The third kappa shape index (κ3) is 4.81. The Labute approximate surface area is 143 Å². The highest BCUT2D eigenvalue weighted by molar-refractivity contribution is 5.74. The van der Waals surface area contributed by atoms with Gasteiger partial charge in [-0.15, -0.1) is 0 Å². The number of hydrogen-bond acceptors (Lipinski definition) is 3. The molecule has 1 unspecified atom stereocenters. The van der Waals surface area contributed by atoms with Crippen LogP contribution in [-0.2, 0) is 0 Å². The number of nitrogens with zero attached hydrogens (tertiary/aromatic N) is 4. The van der Waals surface area contributed by atoms with E-state index in [1.807, 2.05) is 38.2 Å². The first-order valence-electron chi connectivity index (χ1n) is 8.44. The lowest BCUT2D eigenvalue weighted by Crippen LogP contribution is -2.39. The largest absolute Gasteiger partial charge is 0.338 e. The average molecular weight is 329 g/mol. The second-order valence-corrected chi connectivity index (χ2v) is 6.49. The fraction of sp³-hybridized carbons (Fsp3) is 0.500. The van der Waals surface area contributed by atoms with Crippen LogP contribution in [0.1, 0.15) is 45.2 Å². The van der Waals surface area contributed by atoms with Crippen molar-refractivity contribution in [2.75, 3.05) is 13.6 Å². The Hall–Kier alpha value is -2.37. The standard InChI is InChI=1S/C18H27N5O/c1-14(2)6-5-11-20-18(24)22(4)15(3)16-7-9-17(10-8-16)23-13-19-12-21-23/h7-10,12-15H,5-6,11H2,1-4H3,(H,20,24). The van der Waals surface area contributed by atoms with Gasteiger partial charge < -0.3 is 10.2 Å². The molecule has 2 rings (SSSR count). The van der Waals surface area contributed by atoms with E-state index in [4.69, 9.17) is 0 Å². The van der Waals surface area contributed by atoms with E-state index in [0.29, 0.717) is 5.92 Å². The lowest BCUT2D eigenvalue weighted by molar-refractivity contribution is 0.194. The highest BCUT2D eigenvalue weighted by Crippen LogP contribution is 2.20. The molecule has 0 spiro atoms. The second kappa shape index (κ2) is 8.47. The van der Waals surface area contributed by atoms with Gasteiger partial charge in [0, 0.05) is 13.6 Å². The van der Waals surface area contributed by atoms with Crippen molar-refractivity contribution in [2.45, 2.75) is 39.7 Å². The molecule has 0 aliphatic heterocycles. The fourth-order valence-corrected chi connectivity index (χ4v) is 2.48. The van der Waals surface area contributed by atoms with Gasteiger partial charge in [0.2, 0.25) is 0 Å². The lowest BCUT2D eigenvalue weighted by Gasteiger charge is -2.26. The van der Waals surface area contributed by atoms with Crippen LogP contribution in [0.3, 0.4) is 0 Å². The summed E-state index contributed by atoms with van der Waals surface area (Å²) in [5.41, 5.74) is 2.03. The maximum Gasteiger partial charge on any atom is 0.317 e. The predicted octanol–water partition coefficient (Wildman–Crippen LogP) is 3.41. The summed E-state index contributed by atoms with van der Waals surface area (Å²) in [6.45, 7) is 7.13. The topological polar surface area (TPSA) is 63.1 Å². The van der Waals surface area contributed by atoms with Crippen molar-refractivity contribution in [1.82, 2.24) is 25.0 Å². The van der Waals surface area contributed by atoms with Crippen LogP contribution in [0, 0.1) is 5.92 Å². The molecule has 24 heavy (non-hydrogen) atoms. The smallest absolute Gasteiger partial charge is 0.317 e. The summed E-state index contributed by atoms with van der Waals surface area (Å²) < 4.78 is 1.71. The Kier molecular flexibility index (Phi) is 6.35. The molecule has 0 aliphatic carbocycles. The van der Waals surface area contributed by atoms with Gasteiger partial charge in [-0.2, -0.15) is 5.10 Å². The van der Waals surface area contributed by atoms with Crippen LogP contribution in [0.5, 0.6) is 0 Å². The molecule has 0 saturated heterocycles. The van der Waals surface area contributed by atoms with E-state index in [9.17, 15) is 4.79 Å². The van der Waals surface area contributed by atoms with Crippen molar-refractivity contribution in [1.29, 1.82) is 0 Å². The number of amides is 2. The zero-order chi connectivity index (χ0) is 17.5. The number of carbonyl (C=O) groups excluding carboxylic acids is 1. The summed E-state index contributed by atoms with van der Waals surface area (Å²) in [7, 11) is 1.83. The molecule has 0 radical (unpaired) electrons. The van der Waals surface area contributed by atoms with E-state index < -0.39 is 0 Å². The van der Waals surface area contributed by atoms with Gasteiger partial charge in [0.1, 0.15) is 12.7 Å². The Bertz CT molecular complexity index is 621. The lowest BCUT2D eigenvalue weighted by atomic mass is 10.1. The molecular formula is C18H27N5O. The Morgan fingerprint density at radius 1 is 1.25 bits per heavy atom. The van der Waals surface area contributed by atoms with Crippen LogP contribution in [0.15, 0.2) is 36.9 Å². The molecule has 2 amide bonds. The number of benzene rings is 1. The SMILES string of the molecule is CC(C)CCCNC(=O)N(C)C(C)c1ccc(-n2cncn2)cc1. The minimum atomic E-state index is -0.0355. The van der Waals surface area contributed by atoms with Crippen LogP contribution >= 0.6 is 0 Å². The predicted molar refractivity (Wildman–Crippen MR) is 95.0 cm³/mol. The number of rotatable bonds is 7. The highest BCUT2D eigenvalue weighted by atomic mass is 16.2. The first kappa shape index (κ1) is 18.0. The quantitative estimate of drug-likeness (QED) is 0.792. The number of hydrogen-bond donors (Lipinski definition) is 1. The Balaban J connectivity index is 1.90. The summed E-state index contributed by atoms with van der Waals surface area (Å²) in [6, 6.07) is 7.96. The highest BCUT2D eigenvalue weighted by Gasteiger charge is 2.17. The average Bonchev–Trinajstić information content (AvgIpc) is 3.11. The van der Waals surface area contributed by atoms with Crippen molar-refractivity contribution >= 4 is 6.03 Å². The summed E-state index contributed by atoms with van der Waals surface area (Å²) in [5, 5.41) is 7.10. The van der Waals surface area contributed by atoms with E-state index in [0.717, 1.165) is 30.6 Å². The van der Waals surface area contributed by atoms with Crippen LogP contribution in [-0.4, -0.2) is 39.3 Å². The van der Waals surface area contributed by atoms with Crippen molar-refractivity contribution in [3.05, 3.63) is 42.5 Å². The van der Waals surface area contributed by atoms with Gasteiger partial charge in [-0.1, -0.05) is 26.0 Å². The van der Waals surface area contributed by atoms with Gasteiger partial charge in [0.15, 0.2) is 0 Å². The van der Waals surface area contributed by atoms with Gasteiger partial charge in [0.05, 0.1) is 11.7 Å². The molecule has 1 heterocycles. The molecular weight excluding hydrogens is 302 g/mol. The van der Waals surface area contributed by atoms with E-state index in [1.54, 1.807) is 15.9 Å². The van der Waals surface area contributed by atoms with Gasteiger partial charge in [0.25, 0.3) is 0 Å². The summed E-state index contributed by atoms with van der Waals surface area (Å²) >= 11 is 0. The zero-order valence-electron chi connectivity index (χ0n) is 14.9. The van der Waals surface area contributed by atoms with Crippen molar-refractivity contribution in [3.63, 3.8) is 0 Å². The molecule has 1 atom stereocenters. The molecule has 0 fully saturated rings. The van der Waals surface area contributed by atoms with E-state index in [1.165, 1.54) is 6.33 Å². The van der Waals surface area contributed by atoms with Crippen LogP contribution < -0.4 is 5.32 Å². The van der Waals surface area contributed by atoms with Crippen molar-refractivity contribution in [2.24, 2.45) is 5.92 Å². The van der Waals surface area contributed by atoms with Gasteiger partial charge in [-0.3, -0.25) is 0 Å². The molecule has 6 nitrogen and oxygen atoms in total. The third-order valence-electron chi connectivity index (χ3n) is 4.19. The van der Waals surface area contributed by atoms with Crippen LogP contribution in [0.4, 0.5) is 4.79 Å². The molecule has 1 aromatic heterocycles.